The predicted octanol–water partition coefficient (Wildman–Crippen LogP) is 0.0739. The number of amides is 1. The Balaban J connectivity index is 2.08. The molecule has 0 aromatic carbocycles. The second-order valence-electron chi connectivity index (χ2n) is 4.20. The predicted molar refractivity (Wildman–Crippen MR) is 57.4 cm³/mol. The van der Waals surface area contributed by atoms with Crippen molar-refractivity contribution in [3.05, 3.63) is 11.8 Å². The van der Waals surface area contributed by atoms with Gasteiger partial charge in [0.25, 0.3) is 5.91 Å². The molecule has 1 aliphatic carbocycles. The molecule has 0 aromatic rings. The summed E-state index contributed by atoms with van der Waals surface area (Å²) in [5.74, 6) is -0.722. The lowest BCUT2D eigenvalue weighted by Gasteiger charge is -2.38. The number of carbonyl (C=O) groups excluding carboxylic acids is 2. The normalized spacial score (nSPS) is 31.3. The van der Waals surface area contributed by atoms with Gasteiger partial charge in [-0.3, -0.25) is 4.79 Å². The van der Waals surface area contributed by atoms with Crippen molar-refractivity contribution in [1.29, 1.82) is 0 Å². The standard InChI is InChI=1S/C11H16N2O3/c1-16-10(14)6-9-11(15)13-8-5-3-2-4-7(8)12-9/h6-8,12H,2-5H2,1H3,(H,13,15)/b9-6-/t7-,8-/m0/s1. The van der Waals surface area contributed by atoms with Crippen LogP contribution in [0.3, 0.4) is 0 Å². The molecule has 2 rings (SSSR count). The molecule has 2 N–H and O–H groups in total. The Labute approximate surface area is 94.2 Å². The highest BCUT2D eigenvalue weighted by Crippen LogP contribution is 2.22. The van der Waals surface area contributed by atoms with Gasteiger partial charge >= 0.3 is 5.97 Å². The molecule has 0 aromatic heterocycles. The van der Waals surface area contributed by atoms with Gasteiger partial charge in [0, 0.05) is 12.1 Å². The molecular formula is C11H16N2O3. The number of fused-ring (bicyclic) bond motifs is 1. The summed E-state index contributed by atoms with van der Waals surface area (Å²) >= 11 is 0. The molecule has 2 aliphatic rings. The quantitative estimate of drug-likeness (QED) is 0.489. The van der Waals surface area contributed by atoms with E-state index in [2.05, 4.69) is 15.4 Å². The third kappa shape index (κ3) is 2.18. The van der Waals surface area contributed by atoms with E-state index in [1.807, 2.05) is 0 Å². The van der Waals surface area contributed by atoms with E-state index in [4.69, 9.17) is 0 Å². The minimum atomic E-state index is -0.507. The lowest BCUT2D eigenvalue weighted by molar-refractivity contribution is -0.135. The van der Waals surface area contributed by atoms with Gasteiger partial charge in [-0.25, -0.2) is 4.79 Å². The zero-order chi connectivity index (χ0) is 11.5. The first-order chi connectivity index (χ1) is 7.70. The first-order valence-electron chi connectivity index (χ1n) is 5.58. The van der Waals surface area contributed by atoms with Crippen molar-refractivity contribution in [3.8, 4) is 0 Å². The number of piperazine rings is 1. The van der Waals surface area contributed by atoms with Crippen LogP contribution in [-0.4, -0.2) is 31.1 Å². The first kappa shape index (κ1) is 11.0. The fraction of sp³-hybridized carbons (Fsp3) is 0.636. The maximum absolute atomic E-state index is 11.7. The zero-order valence-corrected chi connectivity index (χ0v) is 9.29. The Bertz CT molecular complexity index is 338. The summed E-state index contributed by atoms with van der Waals surface area (Å²) in [6.07, 6.45) is 5.56. The third-order valence-corrected chi connectivity index (χ3v) is 3.13. The summed E-state index contributed by atoms with van der Waals surface area (Å²) in [5, 5.41) is 6.04. The Kier molecular flexibility index (Phi) is 3.12. The molecule has 88 valence electrons. The fourth-order valence-corrected chi connectivity index (χ4v) is 2.27. The topological polar surface area (TPSA) is 67.4 Å². The van der Waals surface area contributed by atoms with Crippen LogP contribution in [0.4, 0.5) is 0 Å². The Morgan fingerprint density at radius 1 is 1.31 bits per heavy atom. The molecule has 1 heterocycles. The second kappa shape index (κ2) is 4.55. The van der Waals surface area contributed by atoms with E-state index in [-0.39, 0.29) is 18.0 Å². The van der Waals surface area contributed by atoms with E-state index >= 15 is 0 Å². The molecule has 2 fully saturated rings. The smallest absolute Gasteiger partial charge is 0.332 e. The summed E-state index contributed by atoms with van der Waals surface area (Å²) in [7, 11) is 1.30. The second-order valence-corrected chi connectivity index (χ2v) is 4.20. The number of hydrogen-bond acceptors (Lipinski definition) is 4. The zero-order valence-electron chi connectivity index (χ0n) is 9.29. The highest BCUT2D eigenvalue weighted by molar-refractivity contribution is 5.99. The molecule has 0 radical (unpaired) electrons. The van der Waals surface area contributed by atoms with Gasteiger partial charge in [0.2, 0.25) is 0 Å². The summed E-state index contributed by atoms with van der Waals surface area (Å²) in [6, 6.07) is 0.457. The molecule has 0 spiro atoms. The Morgan fingerprint density at radius 3 is 2.56 bits per heavy atom. The van der Waals surface area contributed by atoms with Crippen molar-refractivity contribution < 1.29 is 14.3 Å². The molecule has 5 heteroatoms. The summed E-state index contributed by atoms with van der Waals surface area (Å²) in [4.78, 5) is 22.7. The Morgan fingerprint density at radius 2 is 1.94 bits per heavy atom. The van der Waals surface area contributed by atoms with Gasteiger partial charge < -0.3 is 15.4 Å². The molecule has 2 atom stereocenters. The fourth-order valence-electron chi connectivity index (χ4n) is 2.27. The molecular weight excluding hydrogens is 208 g/mol. The summed E-state index contributed by atoms with van der Waals surface area (Å²) < 4.78 is 4.50. The van der Waals surface area contributed by atoms with Crippen LogP contribution in [0.1, 0.15) is 25.7 Å². The molecule has 1 amide bonds. The van der Waals surface area contributed by atoms with Crippen LogP contribution in [0, 0.1) is 0 Å². The number of carbonyl (C=O) groups is 2. The van der Waals surface area contributed by atoms with E-state index in [0.717, 1.165) is 25.7 Å². The van der Waals surface area contributed by atoms with Crippen molar-refractivity contribution in [2.45, 2.75) is 37.8 Å². The average Bonchev–Trinajstić information content (AvgIpc) is 2.30. The van der Waals surface area contributed by atoms with E-state index in [1.54, 1.807) is 0 Å². The highest BCUT2D eigenvalue weighted by Gasteiger charge is 2.33. The van der Waals surface area contributed by atoms with E-state index in [1.165, 1.54) is 13.2 Å². The van der Waals surface area contributed by atoms with Crippen molar-refractivity contribution in [3.63, 3.8) is 0 Å². The average molecular weight is 224 g/mol. The summed E-state index contributed by atoms with van der Waals surface area (Å²) in [6.45, 7) is 0. The van der Waals surface area contributed by atoms with E-state index in [0.29, 0.717) is 5.70 Å². The largest absolute Gasteiger partial charge is 0.466 e. The molecule has 1 saturated carbocycles. The monoisotopic (exact) mass is 224 g/mol. The minimum absolute atomic E-state index is 0.205. The third-order valence-electron chi connectivity index (χ3n) is 3.13. The van der Waals surface area contributed by atoms with Gasteiger partial charge in [0.05, 0.1) is 13.2 Å². The maximum atomic E-state index is 11.7. The number of ether oxygens (including phenoxy) is 1. The molecule has 1 aliphatic heterocycles. The highest BCUT2D eigenvalue weighted by atomic mass is 16.5. The first-order valence-corrected chi connectivity index (χ1v) is 5.58. The van der Waals surface area contributed by atoms with Crippen LogP contribution < -0.4 is 10.6 Å². The van der Waals surface area contributed by atoms with Gasteiger partial charge in [-0.1, -0.05) is 12.8 Å². The van der Waals surface area contributed by atoms with E-state index < -0.39 is 5.97 Å². The number of nitrogens with one attached hydrogen (secondary N) is 2. The van der Waals surface area contributed by atoms with Crippen LogP contribution in [0.15, 0.2) is 11.8 Å². The molecule has 1 saturated heterocycles. The minimum Gasteiger partial charge on any atom is -0.466 e. The van der Waals surface area contributed by atoms with Crippen molar-refractivity contribution in [2.24, 2.45) is 0 Å². The van der Waals surface area contributed by atoms with Crippen LogP contribution in [0.5, 0.6) is 0 Å². The molecule has 16 heavy (non-hydrogen) atoms. The lowest BCUT2D eigenvalue weighted by Crippen LogP contribution is -2.58. The van der Waals surface area contributed by atoms with E-state index in [9.17, 15) is 9.59 Å². The van der Waals surface area contributed by atoms with Crippen LogP contribution in [0.25, 0.3) is 0 Å². The van der Waals surface area contributed by atoms with Crippen LogP contribution in [-0.2, 0) is 14.3 Å². The Hall–Kier alpha value is -1.52. The van der Waals surface area contributed by atoms with Crippen molar-refractivity contribution in [1.82, 2.24) is 10.6 Å². The van der Waals surface area contributed by atoms with Crippen LogP contribution >= 0.6 is 0 Å². The van der Waals surface area contributed by atoms with Crippen LogP contribution in [0.2, 0.25) is 0 Å². The summed E-state index contributed by atoms with van der Waals surface area (Å²) in [5.41, 5.74) is 0.315. The van der Waals surface area contributed by atoms with Gasteiger partial charge in [0.1, 0.15) is 5.70 Å². The molecule has 5 nitrogen and oxygen atoms in total. The molecule has 0 unspecified atom stereocenters. The van der Waals surface area contributed by atoms with Gasteiger partial charge in [-0.05, 0) is 12.8 Å². The number of rotatable bonds is 1. The van der Waals surface area contributed by atoms with Gasteiger partial charge in [0.15, 0.2) is 0 Å². The lowest BCUT2D eigenvalue weighted by atomic mass is 9.88. The molecule has 0 bridgehead atoms. The SMILES string of the molecule is COC(=O)/C=C1\N[C@H]2CCCC[C@@H]2NC1=O. The van der Waals surface area contributed by atoms with Crippen molar-refractivity contribution >= 4 is 11.9 Å². The van der Waals surface area contributed by atoms with Gasteiger partial charge in [-0.2, -0.15) is 0 Å². The number of esters is 1. The number of methoxy groups -OCH3 is 1. The van der Waals surface area contributed by atoms with Crippen molar-refractivity contribution in [2.75, 3.05) is 7.11 Å². The maximum Gasteiger partial charge on any atom is 0.332 e. The van der Waals surface area contributed by atoms with Gasteiger partial charge in [-0.15, -0.1) is 0 Å². The number of hydrogen-bond donors (Lipinski definition) is 2.